The molecule has 0 heterocycles. The zero-order chi connectivity index (χ0) is 12.5. The molecule has 1 N–H and O–H groups in total. The quantitative estimate of drug-likeness (QED) is 0.653. The Morgan fingerprint density at radius 2 is 1.94 bits per heavy atom. The lowest BCUT2D eigenvalue weighted by Crippen LogP contribution is -2.46. The normalized spacial score (nSPS) is 29.5. The van der Waals surface area contributed by atoms with Crippen molar-refractivity contribution in [2.24, 2.45) is 5.92 Å². The van der Waals surface area contributed by atoms with Gasteiger partial charge in [-0.15, -0.1) is 0 Å². The molecule has 0 amide bonds. The number of nitrogens with one attached hydrogen (secondary N) is 1. The van der Waals surface area contributed by atoms with Gasteiger partial charge in [0.15, 0.2) is 0 Å². The molecule has 2 nitrogen and oxygen atoms in total. The molecule has 0 saturated heterocycles. The second-order valence-corrected chi connectivity index (χ2v) is 5.41. The third-order valence-corrected chi connectivity index (χ3v) is 3.96. The van der Waals surface area contributed by atoms with Crippen LogP contribution in [-0.2, 0) is 4.74 Å². The van der Waals surface area contributed by atoms with Crippen LogP contribution in [0.4, 0.5) is 0 Å². The van der Waals surface area contributed by atoms with Crippen molar-refractivity contribution in [2.75, 3.05) is 13.2 Å². The Morgan fingerprint density at radius 3 is 2.59 bits per heavy atom. The maximum Gasteiger partial charge on any atom is 0.0730 e. The van der Waals surface area contributed by atoms with E-state index in [2.05, 4.69) is 26.1 Å². The highest BCUT2D eigenvalue weighted by Gasteiger charge is 2.29. The van der Waals surface area contributed by atoms with E-state index in [1.807, 2.05) is 0 Å². The Bertz CT molecular complexity index is 184. The molecule has 1 aliphatic rings. The van der Waals surface area contributed by atoms with E-state index in [0.717, 1.165) is 19.1 Å². The van der Waals surface area contributed by atoms with E-state index in [0.29, 0.717) is 12.1 Å². The van der Waals surface area contributed by atoms with Gasteiger partial charge in [-0.1, -0.05) is 33.6 Å². The van der Waals surface area contributed by atoms with Crippen LogP contribution >= 0.6 is 0 Å². The molecule has 1 fully saturated rings. The Kier molecular flexibility index (Phi) is 7.87. The number of hydrogen-bond acceptors (Lipinski definition) is 2. The highest BCUT2D eigenvalue weighted by molar-refractivity contribution is 4.85. The molecule has 17 heavy (non-hydrogen) atoms. The lowest BCUT2D eigenvalue weighted by molar-refractivity contribution is -0.0114. The van der Waals surface area contributed by atoms with Crippen molar-refractivity contribution in [3.8, 4) is 0 Å². The summed E-state index contributed by atoms with van der Waals surface area (Å²) in [6, 6.07) is 0.606. The minimum absolute atomic E-state index is 0.465. The highest BCUT2D eigenvalue weighted by Crippen LogP contribution is 2.29. The van der Waals surface area contributed by atoms with Crippen molar-refractivity contribution in [1.82, 2.24) is 5.32 Å². The van der Waals surface area contributed by atoms with Gasteiger partial charge in [-0.3, -0.25) is 0 Å². The lowest BCUT2D eigenvalue weighted by atomic mass is 9.82. The fourth-order valence-electron chi connectivity index (χ4n) is 2.71. The van der Waals surface area contributed by atoms with Crippen LogP contribution in [0, 0.1) is 5.92 Å². The molecule has 3 unspecified atom stereocenters. The van der Waals surface area contributed by atoms with Crippen molar-refractivity contribution in [3.63, 3.8) is 0 Å². The summed E-state index contributed by atoms with van der Waals surface area (Å²) in [4.78, 5) is 0. The fourth-order valence-corrected chi connectivity index (χ4v) is 2.71. The molecule has 0 bridgehead atoms. The molecular formula is C15H31NO. The SMILES string of the molecule is CCCCOC1CC(CC)CCC1NCCC. The zero-order valence-corrected chi connectivity index (χ0v) is 12.0. The summed E-state index contributed by atoms with van der Waals surface area (Å²) in [7, 11) is 0. The van der Waals surface area contributed by atoms with Gasteiger partial charge >= 0.3 is 0 Å². The molecule has 0 aromatic carbocycles. The van der Waals surface area contributed by atoms with Crippen molar-refractivity contribution in [3.05, 3.63) is 0 Å². The summed E-state index contributed by atoms with van der Waals surface area (Å²) in [6.45, 7) is 8.86. The molecule has 0 aromatic rings. The summed E-state index contributed by atoms with van der Waals surface area (Å²) in [5, 5.41) is 3.67. The Morgan fingerprint density at radius 1 is 1.12 bits per heavy atom. The first-order valence-electron chi connectivity index (χ1n) is 7.66. The van der Waals surface area contributed by atoms with E-state index in [9.17, 15) is 0 Å². The zero-order valence-electron chi connectivity index (χ0n) is 12.0. The topological polar surface area (TPSA) is 21.3 Å². The van der Waals surface area contributed by atoms with Crippen LogP contribution in [0.15, 0.2) is 0 Å². The molecule has 1 saturated carbocycles. The summed E-state index contributed by atoms with van der Waals surface area (Å²) in [5.74, 6) is 0.890. The second-order valence-electron chi connectivity index (χ2n) is 5.41. The Balaban J connectivity index is 2.37. The maximum atomic E-state index is 6.10. The monoisotopic (exact) mass is 241 g/mol. The molecule has 102 valence electrons. The minimum Gasteiger partial charge on any atom is -0.377 e. The van der Waals surface area contributed by atoms with Crippen LogP contribution in [0.2, 0.25) is 0 Å². The number of ether oxygens (including phenoxy) is 1. The molecule has 0 aromatic heterocycles. The molecular weight excluding hydrogens is 210 g/mol. The highest BCUT2D eigenvalue weighted by atomic mass is 16.5. The Labute approximate surface area is 108 Å². The first kappa shape index (κ1) is 15.0. The van der Waals surface area contributed by atoms with Gasteiger partial charge in [-0.05, 0) is 44.6 Å². The standard InChI is InChI=1S/C15H31NO/c1-4-7-11-17-15-12-13(6-3)8-9-14(15)16-10-5-2/h13-16H,4-12H2,1-3H3. The van der Waals surface area contributed by atoms with Crippen molar-refractivity contribution in [1.29, 1.82) is 0 Å². The molecule has 1 rings (SSSR count). The smallest absolute Gasteiger partial charge is 0.0730 e. The van der Waals surface area contributed by atoms with Crippen LogP contribution in [-0.4, -0.2) is 25.3 Å². The van der Waals surface area contributed by atoms with Gasteiger partial charge in [0.1, 0.15) is 0 Å². The predicted molar refractivity (Wildman–Crippen MR) is 74.4 cm³/mol. The van der Waals surface area contributed by atoms with Gasteiger partial charge in [-0.2, -0.15) is 0 Å². The van der Waals surface area contributed by atoms with Gasteiger partial charge < -0.3 is 10.1 Å². The van der Waals surface area contributed by atoms with E-state index in [-0.39, 0.29) is 0 Å². The van der Waals surface area contributed by atoms with E-state index < -0.39 is 0 Å². The number of unbranched alkanes of at least 4 members (excludes halogenated alkanes) is 1. The van der Waals surface area contributed by atoms with Gasteiger partial charge in [0, 0.05) is 12.6 Å². The molecule has 0 spiro atoms. The van der Waals surface area contributed by atoms with Gasteiger partial charge in [0.05, 0.1) is 6.10 Å². The van der Waals surface area contributed by atoms with Crippen molar-refractivity contribution >= 4 is 0 Å². The molecule has 2 heteroatoms. The summed E-state index contributed by atoms with van der Waals surface area (Å²) < 4.78 is 6.10. The maximum absolute atomic E-state index is 6.10. The predicted octanol–water partition coefficient (Wildman–Crippen LogP) is 3.75. The molecule has 0 aliphatic heterocycles. The van der Waals surface area contributed by atoms with E-state index >= 15 is 0 Å². The van der Waals surface area contributed by atoms with Crippen LogP contribution in [0.3, 0.4) is 0 Å². The average Bonchev–Trinajstić information content (AvgIpc) is 2.37. The third kappa shape index (κ3) is 5.39. The van der Waals surface area contributed by atoms with Crippen LogP contribution in [0.5, 0.6) is 0 Å². The van der Waals surface area contributed by atoms with Gasteiger partial charge in [0.2, 0.25) is 0 Å². The van der Waals surface area contributed by atoms with Gasteiger partial charge in [0.25, 0.3) is 0 Å². The second kappa shape index (κ2) is 8.93. The van der Waals surface area contributed by atoms with E-state index in [1.54, 1.807) is 0 Å². The molecule has 0 radical (unpaired) electrons. The van der Waals surface area contributed by atoms with Crippen molar-refractivity contribution < 1.29 is 4.74 Å². The van der Waals surface area contributed by atoms with Crippen LogP contribution < -0.4 is 5.32 Å². The van der Waals surface area contributed by atoms with Crippen molar-refractivity contribution in [2.45, 2.75) is 77.9 Å². The fraction of sp³-hybridized carbons (Fsp3) is 1.00. The van der Waals surface area contributed by atoms with Crippen LogP contribution in [0.25, 0.3) is 0 Å². The average molecular weight is 241 g/mol. The first-order chi connectivity index (χ1) is 8.31. The summed E-state index contributed by atoms with van der Waals surface area (Å²) in [6.07, 6.45) is 9.38. The lowest BCUT2D eigenvalue weighted by Gasteiger charge is -2.36. The van der Waals surface area contributed by atoms with E-state index in [4.69, 9.17) is 4.74 Å². The molecule has 1 aliphatic carbocycles. The summed E-state index contributed by atoms with van der Waals surface area (Å²) >= 11 is 0. The van der Waals surface area contributed by atoms with Gasteiger partial charge in [-0.25, -0.2) is 0 Å². The Hall–Kier alpha value is -0.0800. The van der Waals surface area contributed by atoms with Crippen LogP contribution in [0.1, 0.15) is 65.7 Å². The number of hydrogen-bond donors (Lipinski definition) is 1. The van der Waals surface area contributed by atoms with E-state index in [1.165, 1.54) is 44.9 Å². The molecule has 3 atom stereocenters. The third-order valence-electron chi connectivity index (χ3n) is 3.96. The number of rotatable bonds is 8. The largest absolute Gasteiger partial charge is 0.377 e. The summed E-state index contributed by atoms with van der Waals surface area (Å²) in [5.41, 5.74) is 0. The first-order valence-corrected chi connectivity index (χ1v) is 7.66. The minimum atomic E-state index is 0.465.